The number of hydrogen-bond acceptors (Lipinski definition) is 3. The molecule has 0 saturated carbocycles. The predicted molar refractivity (Wildman–Crippen MR) is 48.1 cm³/mol. The molecule has 11 heavy (non-hydrogen) atoms. The van der Waals surface area contributed by atoms with E-state index >= 15 is 0 Å². The molecule has 0 radical (unpaired) electrons. The van der Waals surface area contributed by atoms with Crippen LogP contribution in [0.1, 0.15) is 0 Å². The molecule has 0 aromatic rings. The lowest BCUT2D eigenvalue weighted by Gasteiger charge is -2.05. The predicted octanol–water partition coefficient (Wildman–Crippen LogP) is 0.107. The number of hydrogen-bond donors (Lipinski definition) is 0. The second-order valence-corrected chi connectivity index (χ2v) is 3.68. The van der Waals surface area contributed by atoms with Gasteiger partial charge in [-0.3, -0.25) is 9.46 Å². The highest BCUT2D eigenvalue weighted by Crippen LogP contribution is 2.14. The fourth-order valence-electron chi connectivity index (χ4n) is 1.07. The van der Waals surface area contributed by atoms with Gasteiger partial charge in [0, 0.05) is 32.4 Å². The summed E-state index contributed by atoms with van der Waals surface area (Å²) in [5, 5.41) is 0. The number of carbonyl (C=O) groups excluding carboxylic acids is 1. The van der Waals surface area contributed by atoms with Crippen molar-refractivity contribution in [3.05, 3.63) is 11.8 Å². The van der Waals surface area contributed by atoms with Crippen LogP contribution in [0, 0.1) is 0 Å². The van der Waals surface area contributed by atoms with Gasteiger partial charge >= 0.3 is 0 Å². The maximum atomic E-state index is 11.2. The van der Waals surface area contributed by atoms with E-state index in [2.05, 4.69) is 9.39 Å². The van der Waals surface area contributed by atoms with Crippen molar-refractivity contribution in [1.82, 2.24) is 9.57 Å². The van der Waals surface area contributed by atoms with Crippen LogP contribution in [0.5, 0.6) is 0 Å². The lowest BCUT2D eigenvalue weighted by molar-refractivity contribution is -0.114. The fraction of sp³-hybridized carbons (Fsp3) is 0.571. The van der Waals surface area contributed by atoms with Crippen molar-refractivity contribution in [2.24, 2.45) is 0 Å². The van der Waals surface area contributed by atoms with Gasteiger partial charge in [-0.2, -0.15) is 0 Å². The first-order valence-electron chi connectivity index (χ1n) is 3.49. The minimum atomic E-state index is 0.230. The van der Waals surface area contributed by atoms with Gasteiger partial charge in [0.05, 0.1) is 6.54 Å². The van der Waals surface area contributed by atoms with Crippen molar-refractivity contribution >= 4 is 15.2 Å². The molecule has 1 rings (SSSR count). The zero-order chi connectivity index (χ0) is 8.43. The molecule has 0 aliphatic carbocycles. The Hall–Kier alpha value is -0.400. The summed E-state index contributed by atoms with van der Waals surface area (Å²) in [5.41, 5.74) is 0.894. The van der Waals surface area contributed by atoms with Crippen LogP contribution in [-0.2, 0) is 4.79 Å². The highest BCUT2D eigenvalue weighted by molar-refractivity contribution is 7.13. The monoisotopic (exact) mass is 172 g/mol. The summed E-state index contributed by atoms with van der Waals surface area (Å²) in [5.74, 6) is 0.230. The van der Waals surface area contributed by atoms with E-state index in [0.717, 1.165) is 12.1 Å². The molecule has 1 aliphatic heterocycles. The van der Waals surface area contributed by atoms with Crippen molar-refractivity contribution in [2.45, 2.75) is 0 Å². The summed E-state index contributed by atoms with van der Waals surface area (Å²) in [7, 11) is 6.38. The topological polar surface area (TPSA) is 23.6 Å². The van der Waals surface area contributed by atoms with E-state index in [9.17, 15) is 4.79 Å². The van der Waals surface area contributed by atoms with Crippen molar-refractivity contribution in [3.8, 4) is 0 Å². The van der Waals surface area contributed by atoms with Gasteiger partial charge < -0.3 is 4.90 Å². The van der Waals surface area contributed by atoms with Gasteiger partial charge in [-0.05, 0) is 0 Å². The number of ketones is 1. The van der Waals surface area contributed by atoms with Crippen LogP contribution in [-0.4, -0.2) is 42.5 Å². The van der Waals surface area contributed by atoms with E-state index < -0.39 is 0 Å². The zero-order valence-corrected chi connectivity index (χ0v) is 8.03. The summed E-state index contributed by atoms with van der Waals surface area (Å²) in [6.07, 6.45) is 1.88. The zero-order valence-electron chi connectivity index (χ0n) is 6.87. The Morgan fingerprint density at radius 2 is 2.18 bits per heavy atom. The van der Waals surface area contributed by atoms with Crippen LogP contribution in [0.15, 0.2) is 11.8 Å². The van der Waals surface area contributed by atoms with Gasteiger partial charge in [-0.15, -0.1) is 0 Å². The molecule has 0 aromatic carbocycles. The van der Waals surface area contributed by atoms with E-state index in [1.54, 1.807) is 0 Å². The molecule has 1 fully saturated rings. The average Bonchev–Trinajstić information content (AvgIpc) is 2.09. The number of nitrogens with zero attached hydrogens (tertiary/aromatic N) is 2. The Labute approximate surface area is 69.3 Å². The summed E-state index contributed by atoms with van der Waals surface area (Å²) >= 11 is 0. The second-order valence-electron chi connectivity index (χ2n) is 2.95. The van der Waals surface area contributed by atoms with Crippen LogP contribution in [0.3, 0.4) is 0 Å². The highest BCUT2D eigenvalue weighted by Gasteiger charge is 2.21. The molecule has 0 spiro atoms. The van der Waals surface area contributed by atoms with Crippen molar-refractivity contribution < 1.29 is 4.79 Å². The standard InChI is InChI=1S/C7H13N2OP/c1-8(2)3-6-4-9(11)5-7(6)10/h3H,4-5,11H2,1-2H3. The molecule has 0 bridgehead atoms. The van der Waals surface area contributed by atoms with E-state index in [1.807, 2.05) is 29.9 Å². The van der Waals surface area contributed by atoms with Gasteiger partial charge in [-0.25, -0.2) is 0 Å². The van der Waals surface area contributed by atoms with E-state index in [0.29, 0.717) is 6.54 Å². The van der Waals surface area contributed by atoms with Gasteiger partial charge in [0.15, 0.2) is 5.78 Å². The van der Waals surface area contributed by atoms with Crippen LogP contribution < -0.4 is 0 Å². The molecule has 3 nitrogen and oxygen atoms in total. The molecule has 4 heteroatoms. The van der Waals surface area contributed by atoms with Gasteiger partial charge in [0.1, 0.15) is 0 Å². The first kappa shape index (κ1) is 8.69. The number of rotatable bonds is 1. The normalized spacial score (nSPS) is 23.2. The Bertz CT molecular complexity index is 201. The maximum absolute atomic E-state index is 11.2. The minimum absolute atomic E-state index is 0.230. The molecular formula is C7H13N2OP. The fourth-order valence-corrected chi connectivity index (χ4v) is 1.44. The largest absolute Gasteiger partial charge is 0.383 e. The SMILES string of the molecule is CN(C)C=C1CN(P)CC1=O. The Kier molecular flexibility index (Phi) is 2.63. The molecule has 0 amide bonds. The van der Waals surface area contributed by atoms with Crippen LogP contribution in [0.2, 0.25) is 0 Å². The van der Waals surface area contributed by atoms with Crippen molar-refractivity contribution in [1.29, 1.82) is 0 Å². The van der Waals surface area contributed by atoms with Crippen LogP contribution >= 0.6 is 9.39 Å². The molecule has 1 aliphatic rings. The molecule has 1 atom stereocenters. The smallest absolute Gasteiger partial charge is 0.175 e. The van der Waals surface area contributed by atoms with Crippen LogP contribution in [0.4, 0.5) is 0 Å². The average molecular weight is 172 g/mol. The van der Waals surface area contributed by atoms with Gasteiger partial charge in [0.2, 0.25) is 0 Å². The molecule has 0 aromatic heterocycles. The molecule has 0 N–H and O–H groups in total. The van der Waals surface area contributed by atoms with E-state index in [1.165, 1.54) is 0 Å². The summed E-state index contributed by atoms with van der Waals surface area (Å²) in [4.78, 5) is 13.1. The quantitative estimate of drug-likeness (QED) is 0.414. The van der Waals surface area contributed by atoms with E-state index in [-0.39, 0.29) is 5.78 Å². The molecule has 62 valence electrons. The Morgan fingerprint density at radius 3 is 2.55 bits per heavy atom. The lowest BCUT2D eigenvalue weighted by atomic mass is 10.2. The van der Waals surface area contributed by atoms with Crippen LogP contribution in [0.25, 0.3) is 0 Å². The minimum Gasteiger partial charge on any atom is -0.383 e. The Balaban J connectivity index is 2.67. The molecule has 1 saturated heterocycles. The summed E-state index contributed by atoms with van der Waals surface area (Å²) < 4.78 is 1.93. The van der Waals surface area contributed by atoms with Crippen molar-refractivity contribution in [3.63, 3.8) is 0 Å². The first-order chi connectivity index (χ1) is 5.09. The molecule has 1 heterocycles. The van der Waals surface area contributed by atoms with Crippen molar-refractivity contribution in [2.75, 3.05) is 27.2 Å². The third-order valence-electron chi connectivity index (χ3n) is 1.49. The summed E-state index contributed by atoms with van der Waals surface area (Å²) in [6, 6.07) is 0. The van der Waals surface area contributed by atoms with Gasteiger partial charge in [0.25, 0.3) is 0 Å². The molecule has 1 unspecified atom stereocenters. The third kappa shape index (κ3) is 2.28. The van der Waals surface area contributed by atoms with E-state index in [4.69, 9.17) is 0 Å². The Morgan fingerprint density at radius 1 is 1.55 bits per heavy atom. The van der Waals surface area contributed by atoms with Gasteiger partial charge in [-0.1, -0.05) is 9.39 Å². The second kappa shape index (κ2) is 3.33. The number of carbonyl (C=O) groups is 1. The summed E-state index contributed by atoms with van der Waals surface area (Å²) in [6.45, 7) is 1.28. The first-order valence-corrected chi connectivity index (χ1v) is 4.01. The third-order valence-corrected chi connectivity index (χ3v) is 1.86. The number of Topliss-reactive ketones (excluding diaryl/α,β-unsaturated/α-hetero) is 1. The highest BCUT2D eigenvalue weighted by atomic mass is 31.0. The maximum Gasteiger partial charge on any atom is 0.175 e. The molecular weight excluding hydrogens is 159 g/mol. The lowest BCUT2D eigenvalue weighted by Crippen LogP contribution is -2.07.